The van der Waals surface area contributed by atoms with E-state index in [0.29, 0.717) is 35.1 Å². The van der Waals surface area contributed by atoms with Crippen molar-refractivity contribution in [1.82, 2.24) is 5.43 Å². The predicted molar refractivity (Wildman–Crippen MR) is 126 cm³/mol. The fourth-order valence-corrected chi connectivity index (χ4v) is 2.84. The van der Waals surface area contributed by atoms with Crippen molar-refractivity contribution in [3.8, 4) is 17.2 Å². The van der Waals surface area contributed by atoms with Crippen molar-refractivity contribution in [2.45, 2.75) is 13.5 Å². The van der Waals surface area contributed by atoms with Crippen molar-refractivity contribution in [1.29, 1.82) is 0 Å². The summed E-state index contributed by atoms with van der Waals surface area (Å²) in [7, 11) is 2.96. The molecular formula is C25H25N3O5. The summed E-state index contributed by atoms with van der Waals surface area (Å²) < 4.78 is 16.1. The van der Waals surface area contributed by atoms with E-state index in [0.717, 1.165) is 5.56 Å². The van der Waals surface area contributed by atoms with E-state index < -0.39 is 11.8 Å². The summed E-state index contributed by atoms with van der Waals surface area (Å²) in [5, 5.41) is 6.33. The van der Waals surface area contributed by atoms with Crippen LogP contribution in [0.1, 0.15) is 16.7 Å². The normalized spacial score (nSPS) is 10.5. The number of ether oxygens (including phenoxy) is 3. The van der Waals surface area contributed by atoms with E-state index in [1.807, 2.05) is 43.3 Å². The SMILES string of the molecule is COc1ccc(OC)c(NC(=O)C(=O)N/N=C/c2cccc(OCc3ccc(C)cc3)c2)c1. The zero-order valence-electron chi connectivity index (χ0n) is 18.6. The van der Waals surface area contributed by atoms with Gasteiger partial charge < -0.3 is 19.5 Å². The summed E-state index contributed by atoms with van der Waals surface area (Å²) in [4.78, 5) is 24.3. The number of carbonyl (C=O) groups excluding carboxylic acids is 2. The number of benzene rings is 3. The molecule has 0 aromatic heterocycles. The van der Waals surface area contributed by atoms with Gasteiger partial charge in [-0.1, -0.05) is 42.0 Å². The number of hydrogen-bond acceptors (Lipinski definition) is 6. The minimum atomic E-state index is -0.928. The lowest BCUT2D eigenvalue weighted by atomic mass is 10.2. The van der Waals surface area contributed by atoms with Gasteiger partial charge in [0.25, 0.3) is 0 Å². The third-order valence-electron chi connectivity index (χ3n) is 4.62. The number of hydrazone groups is 1. The zero-order valence-corrected chi connectivity index (χ0v) is 18.6. The number of aryl methyl sites for hydroxylation is 1. The molecule has 0 saturated carbocycles. The van der Waals surface area contributed by atoms with E-state index in [1.54, 1.807) is 30.3 Å². The van der Waals surface area contributed by atoms with Crippen LogP contribution < -0.4 is 25.0 Å². The van der Waals surface area contributed by atoms with Crippen LogP contribution in [-0.4, -0.2) is 32.2 Å². The molecule has 2 N–H and O–H groups in total. The maximum atomic E-state index is 12.2. The highest BCUT2D eigenvalue weighted by Crippen LogP contribution is 2.28. The van der Waals surface area contributed by atoms with Gasteiger partial charge in [-0.25, -0.2) is 5.43 Å². The molecule has 2 amide bonds. The van der Waals surface area contributed by atoms with Crippen LogP contribution in [-0.2, 0) is 16.2 Å². The number of methoxy groups -OCH3 is 2. The molecule has 0 spiro atoms. The molecule has 0 heterocycles. The second-order valence-corrected chi connectivity index (χ2v) is 7.07. The minimum Gasteiger partial charge on any atom is -0.497 e. The van der Waals surface area contributed by atoms with E-state index in [4.69, 9.17) is 14.2 Å². The molecule has 3 aromatic rings. The first-order chi connectivity index (χ1) is 16.0. The molecule has 3 aromatic carbocycles. The number of carbonyl (C=O) groups is 2. The maximum absolute atomic E-state index is 12.2. The molecule has 0 radical (unpaired) electrons. The zero-order chi connectivity index (χ0) is 23.6. The van der Waals surface area contributed by atoms with Gasteiger partial charge in [-0.05, 0) is 42.3 Å². The Labute approximate surface area is 192 Å². The molecule has 8 nitrogen and oxygen atoms in total. The van der Waals surface area contributed by atoms with Gasteiger partial charge in [0.05, 0.1) is 26.1 Å². The van der Waals surface area contributed by atoms with Crippen LogP contribution >= 0.6 is 0 Å². The van der Waals surface area contributed by atoms with Crippen LogP contribution in [0.4, 0.5) is 5.69 Å². The number of hydrogen-bond donors (Lipinski definition) is 2. The summed E-state index contributed by atoms with van der Waals surface area (Å²) in [5.41, 5.74) is 5.46. The Morgan fingerprint density at radius 1 is 0.909 bits per heavy atom. The molecule has 8 heteroatoms. The first-order valence-electron chi connectivity index (χ1n) is 10.1. The smallest absolute Gasteiger partial charge is 0.329 e. The van der Waals surface area contributed by atoms with E-state index in [1.165, 1.54) is 26.0 Å². The Bertz CT molecular complexity index is 1140. The van der Waals surface area contributed by atoms with Crippen molar-refractivity contribution >= 4 is 23.7 Å². The molecule has 0 atom stereocenters. The lowest BCUT2D eigenvalue weighted by Gasteiger charge is -2.11. The van der Waals surface area contributed by atoms with Crippen molar-refractivity contribution in [2.24, 2.45) is 5.10 Å². The number of nitrogens with zero attached hydrogens (tertiary/aromatic N) is 1. The molecule has 0 aliphatic carbocycles. The van der Waals surface area contributed by atoms with Crippen LogP contribution in [0.25, 0.3) is 0 Å². The Morgan fingerprint density at radius 3 is 2.42 bits per heavy atom. The van der Waals surface area contributed by atoms with Crippen LogP contribution in [0.3, 0.4) is 0 Å². The van der Waals surface area contributed by atoms with Gasteiger partial charge in [0.1, 0.15) is 23.9 Å². The summed E-state index contributed by atoms with van der Waals surface area (Å²) in [5.74, 6) is -0.262. The standard InChI is InChI=1S/C25H25N3O5/c1-17-7-9-18(10-8-17)16-33-21-6-4-5-19(13-21)15-26-28-25(30)24(29)27-22-14-20(31-2)11-12-23(22)32-3/h4-15H,16H2,1-3H3,(H,27,29)(H,28,30)/b26-15+. The van der Waals surface area contributed by atoms with Gasteiger partial charge in [0.15, 0.2) is 0 Å². The fourth-order valence-electron chi connectivity index (χ4n) is 2.84. The lowest BCUT2D eigenvalue weighted by Crippen LogP contribution is -2.32. The second kappa shape index (κ2) is 11.3. The van der Waals surface area contributed by atoms with Gasteiger partial charge in [-0.3, -0.25) is 9.59 Å². The number of rotatable bonds is 8. The van der Waals surface area contributed by atoms with Crippen molar-refractivity contribution in [3.63, 3.8) is 0 Å². The first kappa shape index (κ1) is 23.3. The van der Waals surface area contributed by atoms with Crippen molar-refractivity contribution in [2.75, 3.05) is 19.5 Å². The Kier molecular flexibility index (Phi) is 8.02. The van der Waals surface area contributed by atoms with Gasteiger partial charge in [0.2, 0.25) is 0 Å². The number of nitrogens with one attached hydrogen (secondary N) is 2. The monoisotopic (exact) mass is 447 g/mol. The molecule has 0 bridgehead atoms. The molecule has 170 valence electrons. The molecule has 0 aliphatic heterocycles. The van der Waals surface area contributed by atoms with Crippen LogP contribution in [0.15, 0.2) is 71.8 Å². The summed E-state index contributed by atoms with van der Waals surface area (Å²) >= 11 is 0. The van der Waals surface area contributed by atoms with Crippen molar-refractivity contribution in [3.05, 3.63) is 83.4 Å². The van der Waals surface area contributed by atoms with E-state index in [9.17, 15) is 9.59 Å². The molecule has 3 rings (SSSR count). The van der Waals surface area contributed by atoms with Crippen molar-refractivity contribution < 1.29 is 23.8 Å². The van der Waals surface area contributed by atoms with Gasteiger partial charge in [-0.2, -0.15) is 5.10 Å². The third kappa shape index (κ3) is 6.83. The summed E-state index contributed by atoms with van der Waals surface area (Å²) in [6.07, 6.45) is 1.43. The Morgan fingerprint density at radius 2 is 1.70 bits per heavy atom. The van der Waals surface area contributed by atoms with Gasteiger partial charge in [0, 0.05) is 6.07 Å². The van der Waals surface area contributed by atoms with Gasteiger partial charge in [-0.15, -0.1) is 0 Å². The maximum Gasteiger partial charge on any atom is 0.329 e. The first-order valence-corrected chi connectivity index (χ1v) is 10.1. The highest BCUT2D eigenvalue weighted by Gasteiger charge is 2.16. The second-order valence-electron chi connectivity index (χ2n) is 7.07. The van der Waals surface area contributed by atoms with Crippen LogP contribution in [0.5, 0.6) is 17.2 Å². The Balaban J connectivity index is 1.55. The average Bonchev–Trinajstić information content (AvgIpc) is 2.83. The van der Waals surface area contributed by atoms with E-state index in [-0.39, 0.29) is 0 Å². The number of anilines is 1. The molecule has 33 heavy (non-hydrogen) atoms. The van der Waals surface area contributed by atoms with E-state index >= 15 is 0 Å². The molecular weight excluding hydrogens is 422 g/mol. The topological polar surface area (TPSA) is 98.2 Å². The van der Waals surface area contributed by atoms with E-state index in [2.05, 4.69) is 15.8 Å². The highest BCUT2D eigenvalue weighted by atomic mass is 16.5. The molecule has 0 fully saturated rings. The Hall–Kier alpha value is -4.33. The molecule has 0 saturated heterocycles. The average molecular weight is 447 g/mol. The quantitative estimate of drug-likeness (QED) is 0.312. The minimum absolute atomic E-state index is 0.305. The van der Waals surface area contributed by atoms with Gasteiger partial charge >= 0.3 is 11.8 Å². The number of amides is 2. The lowest BCUT2D eigenvalue weighted by molar-refractivity contribution is -0.136. The largest absolute Gasteiger partial charge is 0.497 e. The molecule has 0 unspecified atom stereocenters. The predicted octanol–water partition coefficient (Wildman–Crippen LogP) is 3.68. The fraction of sp³-hybridized carbons (Fsp3) is 0.160. The third-order valence-corrected chi connectivity index (χ3v) is 4.62. The summed E-state index contributed by atoms with van der Waals surface area (Å²) in [6.45, 7) is 2.47. The summed E-state index contributed by atoms with van der Waals surface area (Å²) in [6, 6.07) is 20.2. The van der Waals surface area contributed by atoms with Crippen LogP contribution in [0.2, 0.25) is 0 Å². The molecule has 0 aliphatic rings. The van der Waals surface area contributed by atoms with Crippen LogP contribution in [0, 0.1) is 6.92 Å². The highest BCUT2D eigenvalue weighted by molar-refractivity contribution is 6.39.